The molecule has 27 heavy (non-hydrogen) atoms. The third kappa shape index (κ3) is 7.93. The van der Waals surface area contributed by atoms with Gasteiger partial charge in [0.15, 0.2) is 5.13 Å². The molecule has 0 spiro atoms. The van der Waals surface area contributed by atoms with Gasteiger partial charge in [0.25, 0.3) is 0 Å². The second kappa shape index (κ2) is 12.3. The van der Waals surface area contributed by atoms with Crippen molar-refractivity contribution in [2.45, 2.75) is 46.2 Å². The number of nitrogens with one attached hydrogen (secondary N) is 1. The molecular formula is C21H31N3O2S. The second-order valence-corrected chi connectivity index (χ2v) is 7.02. The van der Waals surface area contributed by atoms with Crippen LogP contribution in [-0.4, -0.2) is 42.1 Å². The van der Waals surface area contributed by atoms with Crippen LogP contribution < -0.4 is 5.32 Å². The molecule has 0 saturated carbocycles. The summed E-state index contributed by atoms with van der Waals surface area (Å²) < 4.78 is 5.31. The fraction of sp³-hybridized carbons (Fsp3) is 0.429. The van der Waals surface area contributed by atoms with Gasteiger partial charge in [-0.3, -0.25) is 4.99 Å². The maximum Gasteiger partial charge on any atom is 0.183 e. The van der Waals surface area contributed by atoms with Crippen LogP contribution >= 0.6 is 11.3 Å². The quantitative estimate of drug-likeness (QED) is 0.690. The van der Waals surface area contributed by atoms with E-state index in [0.717, 1.165) is 41.4 Å². The zero-order chi connectivity index (χ0) is 20.2. The third-order valence-corrected chi connectivity index (χ3v) is 4.36. The molecule has 0 fully saturated rings. The number of hydrogen-bond donors (Lipinski definition) is 2. The maximum atomic E-state index is 7.00. The van der Waals surface area contributed by atoms with Crippen molar-refractivity contribution in [2.75, 3.05) is 19.5 Å². The van der Waals surface area contributed by atoms with Crippen LogP contribution in [0.1, 0.15) is 39.8 Å². The van der Waals surface area contributed by atoms with E-state index in [2.05, 4.69) is 48.8 Å². The summed E-state index contributed by atoms with van der Waals surface area (Å²) >= 11 is 1.62. The fourth-order valence-electron chi connectivity index (χ4n) is 2.42. The van der Waals surface area contributed by atoms with Gasteiger partial charge in [-0.05, 0) is 45.4 Å². The van der Waals surface area contributed by atoms with Crippen molar-refractivity contribution in [3.63, 3.8) is 0 Å². The van der Waals surface area contributed by atoms with E-state index in [4.69, 9.17) is 19.8 Å². The van der Waals surface area contributed by atoms with Crippen molar-refractivity contribution in [1.29, 1.82) is 0 Å². The third-order valence-electron chi connectivity index (χ3n) is 3.59. The SMILES string of the molecule is C/C=C\C1=CC(/C=C(\C)OC)N=C(c2csc(NC(C)C)n2)C/C=C\1.CO. The Labute approximate surface area is 166 Å². The number of thiazole rings is 1. The van der Waals surface area contributed by atoms with E-state index in [-0.39, 0.29) is 6.04 Å². The minimum atomic E-state index is -0.0747. The van der Waals surface area contributed by atoms with Crippen LogP contribution in [-0.2, 0) is 4.74 Å². The van der Waals surface area contributed by atoms with Crippen LogP contribution in [0.5, 0.6) is 0 Å². The van der Waals surface area contributed by atoms with Crippen LogP contribution in [0.15, 0.2) is 58.2 Å². The summed E-state index contributed by atoms with van der Waals surface area (Å²) in [6.45, 7) is 8.19. The lowest BCUT2D eigenvalue weighted by Crippen LogP contribution is -2.11. The molecule has 5 nitrogen and oxygen atoms in total. The Bertz CT molecular complexity index is 728. The largest absolute Gasteiger partial charge is 0.502 e. The molecule has 148 valence electrons. The molecule has 2 N–H and O–H groups in total. The minimum absolute atomic E-state index is 0.0747. The van der Waals surface area contributed by atoms with Crippen LogP contribution in [0.3, 0.4) is 0 Å². The van der Waals surface area contributed by atoms with Gasteiger partial charge in [0.1, 0.15) is 0 Å². The maximum absolute atomic E-state index is 7.00. The molecule has 6 heteroatoms. The number of hydrogen-bond acceptors (Lipinski definition) is 6. The molecule has 2 heterocycles. The van der Waals surface area contributed by atoms with E-state index in [1.807, 2.05) is 26.0 Å². The molecule has 0 amide bonds. The van der Waals surface area contributed by atoms with Gasteiger partial charge in [-0.15, -0.1) is 11.3 Å². The Balaban J connectivity index is 0.00000176. The Morgan fingerprint density at radius 2 is 2.15 bits per heavy atom. The molecule has 0 radical (unpaired) electrons. The van der Waals surface area contributed by atoms with Crippen molar-refractivity contribution in [3.8, 4) is 0 Å². The number of aromatic nitrogens is 1. The van der Waals surface area contributed by atoms with Crippen molar-refractivity contribution < 1.29 is 9.84 Å². The van der Waals surface area contributed by atoms with E-state index in [9.17, 15) is 0 Å². The molecule has 0 saturated heterocycles. The zero-order valence-corrected chi connectivity index (χ0v) is 17.9. The molecule has 0 aromatic carbocycles. The average molecular weight is 390 g/mol. The number of anilines is 1. The van der Waals surface area contributed by atoms with Crippen molar-refractivity contribution >= 4 is 22.2 Å². The summed E-state index contributed by atoms with van der Waals surface area (Å²) in [5.74, 6) is 0.856. The first-order valence-corrected chi connectivity index (χ1v) is 9.87. The highest BCUT2D eigenvalue weighted by Crippen LogP contribution is 2.21. The predicted molar refractivity (Wildman–Crippen MR) is 117 cm³/mol. The normalized spacial score (nSPS) is 18.8. The van der Waals surface area contributed by atoms with E-state index in [0.29, 0.717) is 6.04 Å². The molecule has 1 aromatic rings. The number of aliphatic hydroxyl groups is 1. The highest BCUT2D eigenvalue weighted by atomic mass is 32.1. The number of aliphatic imine (C=N–C) groups is 1. The summed E-state index contributed by atoms with van der Waals surface area (Å²) in [7, 11) is 2.68. The number of ether oxygens (including phenoxy) is 1. The van der Waals surface area contributed by atoms with Gasteiger partial charge >= 0.3 is 0 Å². The van der Waals surface area contributed by atoms with Crippen molar-refractivity contribution in [2.24, 2.45) is 4.99 Å². The fourth-order valence-corrected chi connectivity index (χ4v) is 3.28. The van der Waals surface area contributed by atoms with Gasteiger partial charge in [-0.2, -0.15) is 0 Å². The molecule has 1 aromatic heterocycles. The summed E-state index contributed by atoms with van der Waals surface area (Å²) in [5.41, 5.74) is 3.08. The lowest BCUT2D eigenvalue weighted by molar-refractivity contribution is 0.291. The number of nitrogens with zero attached hydrogens (tertiary/aromatic N) is 2. The van der Waals surface area contributed by atoms with Crippen LogP contribution in [0.2, 0.25) is 0 Å². The zero-order valence-electron chi connectivity index (χ0n) is 17.1. The van der Waals surface area contributed by atoms with Gasteiger partial charge in [0.05, 0.1) is 30.3 Å². The van der Waals surface area contributed by atoms with E-state index in [1.165, 1.54) is 0 Å². The molecule has 1 unspecified atom stereocenters. The van der Waals surface area contributed by atoms with Crippen molar-refractivity contribution in [3.05, 3.63) is 58.9 Å². The van der Waals surface area contributed by atoms with E-state index in [1.54, 1.807) is 18.4 Å². The lowest BCUT2D eigenvalue weighted by Gasteiger charge is -2.12. The number of rotatable bonds is 6. The lowest BCUT2D eigenvalue weighted by atomic mass is 10.1. The molecule has 1 aliphatic rings. The minimum Gasteiger partial charge on any atom is -0.502 e. The van der Waals surface area contributed by atoms with Crippen molar-refractivity contribution in [1.82, 2.24) is 4.98 Å². The number of aliphatic hydroxyl groups excluding tert-OH is 1. The summed E-state index contributed by atoms with van der Waals surface area (Å²) in [5, 5.41) is 13.4. The van der Waals surface area contributed by atoms with Gasteiger partial charge in [-0.1, -0.05) is 24.3 Å². The first-order chi connectivity index (χ1) is 13.0. The van der Waals surface area contributed by atoms with Gasteiger partial charge < -0.3 is 15.2 Å². The highest BCUT2D eigenvalue weighted by molar-refractivity contribution is 7.13. The van der Waals surface area contributed by atoms with Crippen LogP contribution in [0, 0.1) is 0 Å². The van der Waals surface area contributed by atoms with E-state index < -0.39 is 0 Å². The predicted octanol–water partition coefficient (Wildman–Crippen LogP) is 4.74. The molecule has 0 aliphatic carbocycles. The number of allylic oxidation sites excluding steroid dienone is 6. The Hall–Kier alpha value is -2.18. The topological polar surface area (TPSA) is 66.7 Å². The highest BCUT2D eigenvalue weighted by Gasteiger charge is 2.13. The first-order valence-electron chi connectivity index (χ1n) is 8.99. The Morgan fingerprint density at radius 3 is 2.78 bits per heavy atom. The Kier molecular flexibility index (Phi) is 10.4. The van der Waals surface area contributed by atoms with Gasteiger partial charge in [0, 0.05) is 25.0 Å². The monoisotopic (exact) mass is 389 g/mol. The summed E-state index contributed by atoms with van der Waals surface area (Å²) in [6, 6.07) is 0.291. The first kappa shape index (κ1) is 22.9. The molecule has 1 atom stereocenters. The van der Waals surface area contributed by atoms with Gasteiger partial charge in [-0.25, -0.2) is 4.98 Å². The van der Waals surface area contributed by atoms with Crippen LogP contribution in [0.4, 0.5) is 5.13 Å². The summed E-state index contributed by atoms with van der Waals surface area (Å²) in [4.78, 5) is 9.63. The molecule has 1 aliphatic heterocycles. The average Bonchev–Trinajstić information content (AvgIpc) is 3.07. The standard InChI is InChI=1S/C20H27N3OS.CH4O/c1-6-8-16-9-7-10-18(22-17(12-16)11-15(4)24-5)19-13-25-20(23-19)21-14(2)3;1-2/h6-9,11-14,17H,10H2,1-5H3,(H,21,23);2H,1H3/b8-6-,9-7-,15-11+,16-12?,22-18?;. The smallest absolute Gasteiger partial charge is 0.183 e. The molecular weight excluding hydrogens is 358 g/mol. The molecule has 2 rings (SSSR count). The van der Waals surface area contributed by atoms with Crippen LogP contribution in [0.25, 0.3) is 0 Å². The summed E-state index contributed by atoms with van der Waals surface area (Å²) in [6.07, 6.45) is 13.3. The Morgan fingerprint density at radius 1 is 1.41 bits per heavy atom. The second-order valence-electron chi connectivity index (χ2n) is 6.16. The number of methoxy groups -OCH3 is 1. The molecule has 0 bridgehead atoms. The van der Waals surface area contributed by atoms with Gasteiger partial charge in [0.2, 0.25) is 0 Å². The van der Waals surface area contributed by atoms with E-state index >= 15 is 0 Å².